The number of para-hydroxylation sites is 3. The molecule has 0 aliphatic rings. The molecule has 0 saturated carbocycles. The van der Waals surface area contributed by atoms with Crippen molar-refractivity contribution in [3.63, 3.8) is 0 Å². The first-order valence-electron chi connectivity index (χ1n) is 20.4. The SMILES string of the molecule is c1ccc(-c2nc(-c3ccccc3)nc(-c3ccc(N(c4ccccc4)c4ccc(-n5c6ccccc6c6ccccc65)cc4)c4oc5cc6ccccc6cc5c34)n2)cc1. The van der Waals surface area contributed by atoms with Crippen LogP contribution in [0.1, 0.15) is 0 Å². The normalized spacial score (nSPS) is 11.6. The lowest BCUT2D eigenvalue weighted by atomic mass is 10.0. The topological polar surface area (TPSA) is 60.0 Å². The summed E-state index contributed by atoms with van der Waals surface area (Å²) in [5, 5.41) is 6.63. The van der Waals surface area contributed by atoms with Gasteiger partial charge >= 0.3 is 0 Å². The zero-order valence-electron chi connectivity index (χ0n) is 32.9. The Kier molecular flexibility index (Phi) is 8.06. The number of aromatic nitrogens is 4. The number of furan rings is 1. The second-order valence-electron chi connectivity index (χ2n) is 15.2. The Hall–Kier alpha value is -8.35. The summed E-state index contributed by atoms with van der Waals surface area (Å²) in [7, 11) is 0. The van der Waals surface area contributed by atoms with Gasteiger partial charge in [-0.2, -0.15) is 0 Å². The molecule has 12 aromatic rings. The van der Waals surface area contributed by atoms with Gasteiger partial charge < -0.3 is 13.9 Å². The Labute approximate surface area is 351 Å². The highest BCUT2D eigenvalue weighted by Gasteiger charge is 2.25. The van der Waals surface area contributed by atoms with Crippen LogP contribution in [0, 0.1) is 0 Å². The van der Waals surface area contributed by atoms with Crippen molar-refractivity contribution in [1.29, 1.82) is 0 Å². The molecule has 9 aromatic carbocycles. The van der Waals surface area contributed by atoms with Crippen molar-refractivity contribution in [1.82, 2.24) is 19.5 Å². The van der Waals surface area contributed by atoms with E-state index in [0.717, 1.165) is 72.2 Å². The predicted octanol–water partition coefficient (Wildman–Crippen LogP) is 14.5. The molecule has 3 heterocycles. The van der Waals surface area contributed by atoms with Crippen molar-refractivity contribution in [2.24, 2.45) is 0 Å². The maximum Gasteiger partial charge on any atom is 0.164 e. The Bertz CT molecular complexity index is 3470. The smallest absolute Gasteiger partial charge is 0.164 e. The van der Waals surface area contributed by atoms with Crippen LogP contribution in [0.2, 0.25) is 0 Å². The number of nitrogens with zero attached hydrogens (tertiary/aromatic N) is 5. The van der Waals surface area contributed by atoms with Crippen molar-refractivity contribution in [3.05, 3.63) is 212 Å². The zero-order valence-corrected chi connectivity index (χ0v) is 32.9. The predicted molar refractivity (Wildman–Crippen MR) is 250 cm³/mol. The Morgan fingerprint density at radius 2 is 0.918 bits per heavy atom. The van der Waals surface area contributed by atoms with Crippen molar-refractivity contribution in [2.75, 3.05) is 4.90 Å². The third-order valence-corrected chi connectivity index (χ3v) is 11.6. The van der Waals surface area contributed by atoms with Gasteiger partial charge in [-0.1, -0.05) is 140 Å². The van der Waals surface area contributed by atoms with Gasteiger partial charge in [0.25, 0.3) is 0 Å². The van der Waals surface area contributed by atoms with E-state index < -0.39 is 0 Å². The molecule has 286 valence electrons. The van der Waals surface area contributed by atoms with Gasteiger partial charge in [-0.3, -0.25) is 0 Å². The minimum absolute atomic E-state index is 0.571. The molecule has 6 nitrogen and oxygen atoms in total. The molecule has 61 heavy (non-hydrogen) atoms. The summed E-state index contributed by atoms with van der Waals surface area (Å²) in [5.74, 6) is 1.78. The summed E-state index contributed by atoms with van der Waals surface area (Å²) < 4.78 is 9.42. The molecule has 6 heteroatoms. The number of anilines is 3. The highest BCUT2D eigenvalue weighted by molar-refractivity contribution is 6.19. The minimum Gasteiger partial charge on any atom is -0.454 e. The molecule has 0 bridgehead atoms. The van der Waals surface area contributed by atoms with Crippen LogP contribution in [-0.4, -0.2) is 19.5 Å². The van der Waals surface area contributed by atoms with E-state index in [1.807, 2.05) is 66.7 Å². The summed E-state index contributed by atoms with van der Waals surface area (Å²) in [6, 6.07) is 73.8. The van der Waals surface area contributed by atoms with Crippen LogP contribution < -0.4 is 4.90 Å². The molecule has 3 aromatic heterocycles. The number of hydrogen-bond donors (Lipinski definition) is 0. The number of rotatable bonds is 7. The first kappa shape index (κ1) is 34.7. The fourth-order valence-corrected chi connectivity index (χ4v) is 8.80. The second-order valence-corrected chi connectivity index (χ2v) is 15.2. The van der Waals surface area contributed by atoms with Crippen LogP contribution in [-0.2, 0) is 0 Å². The first-order valence-corrected chi connectivity index (χ1v) is 20.4. The number of fused-ring (bicyclic) bond motifs is 7. The van der Waals surface area contributed by atoms with E-state index >= 15 is 0 Å². The Morgan fingerprint density at radius 1 is 0.410 bits per heavy atom. The first-order chi connectivity index (χ1) is 30.2. The van der Waals surface area contributed by atoms with Crippen LogP contribution in [0.3, 0.4) is 0 Å². The molecule has 0 atom stereocenters. The van der Waals surface area contributed by atoms with E-state index in [2.05, 4.69) is 155 Å². The highest BCUT2D eigenvalue weighted by atomic mass is 16.3. The van der Waals surface area contributed by atoms with Crippen molar-refractivity contribution in [3.8, 4) is 39.9 Å². The van der Waals surface area contributed by atoms with E-state index in [-0.39, 0.29) is 0 Å². The van der Waals surface area contributed by atoms with E-state index in [1.165, 1.54) is 21.8 Å². The lowest BCUT2D eigenvalue weighted by molar-refractivity contribution is 0.669. The van der Waals surface area contributed by atoms with Crippen LogP contribution in [0.15, 0.2) is 217 Å². The molecule has 0 saturated heterocycles. The van der Waals surface area contributed by atoms with Crippen LogP contribution >= 0.6 is 0 Å². The maximum absolute atomic E-state index is 7.07. The van der Waals surface area contributed by atoms with E-state index in [0.29, 0.717) is 17.5 Å². The van der Waals surface area contributed by atoms with Gasteiger partial charge in [0.05, 0.1) is 16.7 Å². The largest absolute Gasteiger partial charge is 0.454 e. The van der Waals surface area contributed by atoms with Gasteiger partial charge in [0, 0.05) is 55.3 Å². The molecule has 0 fully saturated rings. The van der Waals surface area contributed by atoms with Gasteiger partial charge in [0.1, 0.15) is 5.58 Å². The zero-order chi connectivity index (χ0) is 40.3. The van der Waals surface area contributed by atoms with E-state index in [4.69, 9.17) is 19.4 Å². The lowest BCUT2D eigenvalue weighted by Gasteiger charge is -2.26. The lowest BCUT2D eigenvalue weighted by Crippen LogP contribution is -2.10. The fourth-order valence-electron chi connectivity index (χ4n) is 8.80. The molecule has 0 radical (unpaired) electrons. The summed E-state index contributed by atoms with van der Waals surface area (Å²) in [5.41, 5.74) is 10.5. The number of benzene rings is 9. The summed E-state index contributed by atoms with van der Waals surface area (Å²) in [6.45, 7) is 0. The van der Waals surface area contributed by atoms with Gasteiger partial charge in [-0.15, -0.1) is 0 Å². The third-order valence-electron chi connectivity index (χ3n) is 11.6. The van der Waals surface area contributed by atoms with Gasteiger partial charge in [0.2, 0.25) is 0 Å². The molecule has 0 aliphatic carbocycles. The third kappa shape index (κ3) is 5.84. The van der Waals surface area contributed by atoms with Crippen LogP contribution in [0.5, 0.6) is 0 Å². The van der Waals surface area contributed by atoms with E-state index in [9.17, 15) is 0 Å². The van der Waals surface area contributed by atoms with Crippen LogP contribution in [0.25, 0.3) is 94.4 Å². The van der Waals surface area contributed by atoms with Crippen LogP contribution in [0.4, 0.5) is 17.1 Å². The Balaban J connectivity index is 1.10. The highest BCUT2D eigenvalue weighted by Crippen LogP contribution is 2.46. The van der Waals surface area contributed by atoms with Gasteiger partial charge in [0.15, 0.2) is 23.1 Å². The second kappa shape index (κ2) is 14.2. The summed E-state index contributed by atoms with van der Waals surface area (Å²) >= 11 is 0. The fraction of sp³-hybridized carbons (Fsp3) is 0. The van der Waals surface area contributed by atoms with Crippen molar-refractivity contribution < 1.29 is 4.42 Å². The van der Waals surface area contributed by atoms with Gasteiger partial charge in [-0.25, -0.2) is 15.0 Å². The molecule has 0 spiro atoms. The maximum atomic E-state index is 7.07. The average molecular weight is 782 g/mol. The standard InChI is InChI=1S/C55H35N5O/c1-4-16-36(17-5-1)53-56-54(37-18-6-2-7-19-37)58-55(57-53)45-32-33-49(52-51(45)46-34-38-20-10-11-21-39(38)35-50(46)61-52)59(40-22-8-3-9-23-40)41-28-30-42(31-29-41)60-47-26-14-12-24-43(47)44-25-13-15-27-48(44)60/h1-35H. The summed E-state index contributed by atoms with van der Waals surface area (Å²) in [4.78, 5) is 17.7. The van der Waals surface area contributed by atoms with Gasteiger partial charge in [-0.05, 0) is 83.6 Å². The minimum atomic E-state index is 0.571. The van der Waals surface area contributed by atoms with E-state index in [1.54, 1.807) is 0 Å². The van der Waals surface area contributed by atoms with Crippen molar-refractivity contribution >= 4 is 71.6 Å². The Morgan fingerprint density at radius 3 is 1.54 bits per heavy atom. The average Bonchev–Trinajstić information content (AvgIpc) is 3.88. The molecule has 0 amide bonds. The quantitative estimate of drug-likeness (QED) is 0.161. The molecular weight excluding hydrogens is 747 g/mol. The molecule has 0 unspecified atom stereocenters. The molecule has 0 N–H and O–H groups in total. The number of hydrogen-bond acceptors (Lipinski definition) is 5. The molecule has 12 rings (SSSR count). The molecule has 0 aliphatic heterocycles. The van der Waals surface area contributed by atoms with Crippen molar-refractivity contribution in [2.45, 2.75) is 0 Å². The monoisotopic (exact) mass is 781 g/mol. The molecular formula is C55H35N5O. The summed E-state index contributed by atoms with van der Waals surface area (Å²) in [6.07, 6.45) is 0.